The van der Waals surface area contributed by atoms with Crippen molar-refractivity contribution in [3.63, 3.8) is 0 Å². The van der Waals surface area contributed by atoms with E-state index in [1.165, 1.54) is 5.69 Å². The molecule has 1 aliphatic heterocycles. The lowest BCUT2D eigenvalue weighted by Gasteiger charge is -2.39. The maximum Gasteiger partial charge on any atom is 0.139 e. The summed E-state index contributed by atoms with van der Waals surface area (Å²) in [6, 6.07) is 14.4. The molecule has 3 aromatic heterocycles. The molecule has 0 unspecified atom stereocenters. The van der Waals surface area contributed by atoms with Crippen LogP contribution in [0.1, 0.15) is 18.7 Å². The van der Waals surface area contributed by atoms with E-state index in [2.05, 4.69) is 49.1 Å². The van der Waals surface area contributed by atoms with Gasteiger partial charge in [-0.15, -0.1) is 0 Å². The number of imidazole rings is 1. The zero-order valence-corrected chi connectivity index (χ0v) is 15.0. The van der Waals surface area contributed by atoms with Crippen LogP contribution in [-0.4, -0.2) is 33.0 Å². The van der Waals surface area contributed by atoms with Crippen molar-refractivity contribution in [1.82, 2.24) is 19.9 Å². The maximum atomic E-state index is 6.77. The molecule has 4 N–H and O–H groups in total. The Balaban J connectivity index is 1.36. The van der Waals surface area contributed by atoms with Crippen molar-refractivity contribution in [2.75, 3.05) is 18.0 Å². The van der Waals surface area contributed by atoms with Gasteiger partial charge in [0.25, 0.3) is 0 Å². The van der Waals surface area contributed by atoms with Gasteiger partial charge in [-0.25, -0.2) is 9.97 Å². The van der Waals surface area contributed by atoms with E-state index < -0.39 is 5.54 Å². The highest BCUT2D eigenvalue weighted by molar-refractivity contribution is 5.89. The lowest BCUT2D eigenvalue weighted by Crippen LogP contribution is -2.49. The number of hydrogen-bond acceptors (Lipinski definition) is 4. The molecule has 5 rings (SSSR count). The van der Waals surface area contributed by atoms with Crippen molar-refractivity contribution in [2.24, 2.45) is 5.73 Å². The van der Waals surface area contributed by atoms with Crippen LogP contribution in [-0.2, 0) is 5.54 Å². The highest BCUT2D eigenvalue weighted by atomic mass is 15.2. The average Bonchev–Trinajstić information content (AvgIpc) is 3.39. The SMILES string of the molecule is NC1(c2ncc(-c3ccccc3)[nH]2)CCN(c2ccnc3[nH]ccc23)CC1. The number of anilines is 1. The first-order valence-electron chi connectivity index (χ1n) is 9.30. The molecular weight excluding hydrogens is 336 g/mol. The molecule has 6 nitrogen and oxygen atoms in total. The Bertz CT molecular complexity index is 1060. The van der Waals surface area contributed by atoms with Gasteiger partial charge in [-0.2, -0.15) is 0 Å². The van der Waals surface area contributed by atoms with Crippen molar-refractivity contribution in [3.8, 4) is 11.3 Å². The Morgan fingerprint density at radius 2 is 1.81 bits per heavy atom. The number of piperidine rings is 1. The molecule has 1 aromatic carbocycles. The molecule has 0 amide bonds. The molecule has 6 heteroatoms. The Hall–Kier alpha value is -3.12. The topological polar surface area (TPSA) is 86.6 Å². The van der Waals surface area contributed by atoms with E-state index in [1.54, 1.807) is 0 Å². The number of aromatic amines is 2. The summed E-state index contributed by atoms with van der Waals surface area (Å²) in [5, 5.41) is 1.16. The highest BCUT2D eigenvalue weighted by Gasteiger charge is 2.35. The zero-order chi connectivity index (χ0) is 18.3. The molecule has 1 saturated heterocycles. The van der Waals surface area contributed by atoms with Crippen LogP contribution < -0.4 is 10.6 Å². The van der Waals surface area contributed by atoms with Gasteiger partial charge in [0.2, 0.25) is 0 Å². The molecule has 1 aliphatic rings. The number of nitrogens with two attached hydrogens (primary N) is 1. The number of fused-ring (bicyclic) bond motifs is 1. The summed E-state index contributed by atoms with van der Waals surface area (Å²) < 4.78 is 0. The van der Waals surface area contributed by atoms with Crippen LogP contribution in [0.3, 0.4) is 0 Å². The minimum Gasteiger partial charge on any atom is -0.371 e. The molecule has 0 saturated carbocycles. The normalized spacial score (nSPS) is 16.7. The molecule has 0 aliphatic carbocycles. The van der Waals surface area contributed by atoms with Crippen LogP contribution in [0.4, 0.5) is 5.69 Å². The third-order valence-corrected chi connectivity index (χ3v) is 5.57. The van der Waals surface area contributed by atoms with E-state index in [4.69, 9.17) is 5.73 Å². The molecule has 0 bridgehead atoms. The summed E-state index contributed by atoms with van der Waals surface area (Å²) >= 11 is 0. The quantitative estimate of drug-likeness (QED) is 0.524. The number of rotatable bonds is 3. The molecule has 1 fully saturated rings. The third-order valence-electron chi connectivity index (χ3n) is 5.57. The highest BCUT2D eigenvalue weighted by Crippen LogP contribution is 2.34. The predicted octanol–water partition coefficient (Wildman–Crippen LogP) is 3.41. The number of aromatic nitrogens is 4. The summed E-state index contributed by atoms with van der Waals surface area (Å²) in [4.78, 5) is 18.0. The second-order valence-corrected chi connectivity index (χ2v) is 7.22. The van der Waals surface area contributed by atoms with Gasteiger partial charge in [0.15, 0.2) is 0 Å². The molecule has 0 atom stereocenters. The summed E-state index contributed by atoms with van der Waals surface area (Å²) in [7, 11) is 0. The Labute approximate surface area is 157 Å². The fourth-order valence-corrected chi connectivity index (χ4v) is 3.94. The fraction of sp³-hybridized carbons (Fsp3) is 0.238. The van der Waals surface area contributed by atoms with E-state index in [-0.39, 0.29) is 0 Å². The summed E-state index contributed by atoms with van der Waals surface area (Å²) in [6.07, 6.45) is 7.38. The number of nitrogens with zero attached hydrogens (tertiary/aromatic N) is 3. The van der Waals surface area contributed by atoms with E-state index >= 15 is 0 Å². The molecule has 0 radical (unpaired) electrons. The van der Waals surface area contributed by atoms with Gasteiger partial charge in [0.1, 0.15) is 11.5 Å². The monoisotopic (exact) mass is 358 g/mol. The lowest BCUT2D eigenvalue weighted by atomic mass is 9.87. The largest absolute Gasteiger partial charge is 0.371 e. The minimum atomic E-state index is -0.423. The third kappa shape index (κ3) is 2.78. The van der Waals surface area contributed by atoms with Crippen molar-refractivity contribution in [2.45, 2.75) is 18.4 Å². The molecule has 136 valence electrons. The Morgan fingerprint density at radius 3 is 2.63 bits per heavy atom. The van der Waals surface area contributed by atoms with Crippen molar-refractivity contribution in [1.29, 1.82) is 0 Å². The standard InChI is InChI=1S/C21H22N6/c22-21(20-25-14-17(26-20)15-4-2-1-3-5-15)8-12-27(13-9-21)18-7-11-24-19-16(18)6-10-23-19/h1-7,10-11,14H,8-9,12-13,22H2,(H,23,24)(H,25,26). The summed E-state index contributed by atoms with van der Waals surface area (Å²) in [6.45, 7) is 1.78. The Kier molecular flexibility index (Phi) is 3.72. The number of nitrogens with one attached hydrogen (secondary N) is 2. The van der Waals surface area contributed by atoms with Crippen LogP contribution in [0.2, 0.25) is 0 Å². The van der Waals surface area contributed by atoms with Crippen LogP contribution in [0.25, 0.3) is 22.3 Å². The smallest absolute Gasteiger partial charge is 0.139 e. The Morgan fingerprint density at radius 1 is 1.00 bits per heavy atom. The average molecular weight is 358 g/mol. The van der Waals surface area contributed by atoms with Gasteiger partial charge in [-0.05, 0) is 30.5 Å². The number of hydrogen-bond donors (Lipinski definition) is 3. The van der Waals surface area contributed by atoms with Crippen molar-refractivity contribution in [3.05, 3.63) is 66.9 Å². The molecule has 0 spiro atoms. The minimum absolute atomic E-state index is 0.423. The van der Waals surface area contributed by atoms with E-state index in [9.17, 15) is 0 Å². The summed E-state index contributed by atoms with van der Waals surface area (Å²) in [5.41, 5.74) is 10.6. The van der Waals surface area contributed by atoms with Gasteiger partial charge in [0, 0.05) is 36.6 Å². The summed E-state index contributed by atoms with van der Waals surface area (Å²) in [5.74, 6) is 0.877. The second-order valence-electron chi connectivity index (χ2n) is 7.22. The van der Waals surface area contributed by atoms with Crippen LogP contribution in [0.5, 0.6) is 0 Å². The van der Waals surface area contributed by atoms with Gasteiger partial charge in [-0.3, -0.25) is 0 Å². The van der Waals surface area contributed by atoms with Gasteiger partial charge < -0.3 is 20.6 Å². The van der Waals surface area contributed by atoms with Gasteiger partial charge in [0.05, 0.1) is 17.4 Å². The number of benzene rings is 1. The van der Waals surface area contributed by atoms with Crippen LogP contribution in [0, 0.1) is 0 Å². The van der Waals surface area contributed by atoms with Crippen LogP contribution >= 0.6 is 0 Å². The van der Waals surface area contributed by atoms with E-state index in [0.29, 0.717) is 0 Å². The molecule has 4 aromatic rings. The number of pyridine rings is 1. The maximum absolute atomic E-state index is 6.77. The van der Waals surface area contributed by atoms with Gasteiger partial charge in [-0.1, -0.05) is 30.3 Å². The predicted molar refractivity (Wildman–Crippen MR) is 107 cm³/mol. The first-order valence-corrected chi connectivity index (χ1v) is 9.30. The first-order chi connectivity index (χ1) is 13.2. The fourth-order valence-electron chi connectivity index (χ4n) is 3.94. The van der Waals surface area contributed by atoms with Crippen molar-refractivity contribution >= 4 is 16.7 Å². The molecular formula is C21H22N6. The van der Waals surface area contributed by atoms with E-state index in [1.807, 2.05) is 36.8 Å². The zero-order valence-electron chi connectivity index (χ0n) is 15.0. The number of H-pyrrole nitrogens is 2. The van der Waals surface area contributed by atoms with Gasteiger partial charge >= 0.3 is 0 Å². The van der Waals surface area contributed by atoms with Crippen molar-refractivity contribution < 1.29 is 0 Å². The molecule has 4 heterocycles. The first kappa shape index (κ1) is 16.1. The molecule has 27 heavy (non-hydrogen) atoms. The second kappa shape index (κ2) is 6.25. The van der Waals surface area contributed by atoms with Crippen LogP contribution in [0.15, 0.2) is 61.1 Å². The lowest BCUT2D eigenvalue weighted by molar-refractivity contribution is 0.327. The van der Waals surface area contributed by atoms with E-state index in [0.717, 1.165) is 54.0 Å².